The molecule has 0 saturated heterocycles. The van der Waals surface area contributed by atoms with Gasteiger partial charge in [0.25, 0.3) is 0 Å². The molecule has 0 radical (unpaired) electrons. The molecule has 1 aliphatic heterocycles. The molecule has 3 aliphatic rings. The molecule has 24 heavy (non-hydrogen) atoms. The van der Waals surface area contributed by atoms with Crippen LogP contribution in [0.5, 0.6) is 0 Å². The highest BCUT2D eigenvalue weighted by Crippen LogP contribution is 2.44. The van der Waals surface area contributed by atoms with Crippen LogP contribution in [0.25, 0.3) is 0 Å². The fourth-order valence-corrected chi connectivity index (χ4v) is 4.30. The minimum absolute atomic E-state index is 0.0607. The summed E-state index contributed by atoms with van der Waals surface area (Å²) in [4.78, 5) is 25.6. The molecule has 0 atom stereocenters. The van der Waals surface area contributed by atoms with Gasteiger partial charge in [-0.1, -0.05) is 30.7 Å². The molecule has 0 amide bonds. The zero-order chi connectivity index (χ0) is 16.3. The first-order valence-electron chi connectivity index (χ1n) is 8.60. The Bertz CT molecular complexity index is 829. The summed E-state index contributed by atoms with van der Waals surface area (Å²) in [7, 11) is 0. The zero-order valence-electron chi connectivity index (χ0n) is 13.3. The highest BCUT2D eigenvalue weighted by Gasteiger charge is 2.39. The molecule has 5 rings (SSSR count). The van der Waals surface area contributed by atoms with Crippen molar-refractivity contribution in [3.8, 4) is 0 Å². The summed E-state index contributed by atoms with van der Waals surface area (Å²) in [6.07, 6.45) is 5.78. The number of rotatable bonds is 0. The van der Waals surface area contributed by atoms with Gasteiger partial charge in [0.05, 0.1) is 11.4 Å². The second kappa shape index (κ2) is 4.69. The average Bonchev–Trinajstić information content (AvgIpc) is 2.95. The van der Waals surface area contributed by atoms with E-state index in [1.165, 1.54) is 19.3 Å². The van der Waals surface area contributed by atoms with Crippen molar-refractivity contribution in [1.29, 1.82) is 0 Å². The quantitative estimate of drug-likeness (QED) is 0.659. The maximum absolute atomic E-state index is 12.8. The minimum atomic E-state index is -0.108. The number of ketones is 2. The predicted molar refractivity (Wildman–Crippen MR) is 92.8 cm³/mol. The predicted octanol–water partition coefficient (Wildman–Crippen LogP) is 3.96. The van der Waals surface area contributed by atoms with Crippen LogP contribution in [0.15, 0.2) is 36.4 Å². The van der Waals surface area contributed by atoms with Crippen molar-refractivity contribution in [3.05, 3.63) is 58.7 Å². The summed E-state index contributed by atoms with van der Waals surface area (Å²) in [6, 6.07) is 10.8. The van der Waals surface area contributed by atoms with Crippen LogP contribution in [0.4, 0.5) is 11.4 Å². The van der Waals surface area contributed by atoms with E-state index in [0.717, 1.165) is 24.2 Å². The summed E-state index contributed by atoms with van der Waals surface area (Å²) >= 11 is 0. The number of hydrogen-bond acceptors (Lipinski definition) is 4. The van der Waals surface area contributed by atoms with Gasteiger partial charge in [-0.2, -0.15) is 0 Å². The lowest BCUT2D eigenvalue weighted by atomic mass is 9.83. The van der Waals surface area contributed by atoms with Crippen molar-refractivity contribution < 1.29 is 9.59 Å². The number of carbonyl (C=O) groups is 2. The van der Waals surface area contributed by atoms with Crippen LogP contribution < -0.4 is 10.6 Å². The summed E-state index contributed by atoms with van der Waals surface area (Å²) in [6.45, 7) is 0. The van der Waals surface area contributed by atoms with Crippen LogP contribution in [-0.4, -0.2) is 17.2 Å². The molecular formula is C20H18N2O2. The van der Waals surface area contributed by atoms with Crippen LogP contribution in [0, 0.1) is 0 Å². The molecule has 2 aliphatic carbocycles. The van der Waals surface area contributed by atoms with Crippen molar-refractivity contribution in [2.45, 2.75) is 37.8 Å². The van der Waals surface area contributed by atoms with Gasteiger partial charge >= 0.3 is 0 Å². The van der Waals surface area contributed by atoms with Crippen LogP contribution in [0.2, 0.25) is 0 Å². The molecule has 2 aromatic carbocycles. The molecule has 1 saturated carbocycles. The first kappa shape index (κ1) is 13.8. The smallest absolute Gasteiger partial charge is 0.194 e. The number of nitrogens with one attached hydrogen (secondary N) is 2. The van der Waals surface area contributed by atoms with E-state index in [0.29, 0.717) is 22.3 Å². The van der Waals surface area contributed by atoms with E-state index in [4.69, 9.17) is 0 Å². The molecule has 1 heterocycles. The molecule has 2 aromatic rings. The molecule has 0 aromatic heterocycles. The second-order valence-corrected chi connectivity index (χ2v) is 7.04. The maximum atomic E-state index is 12.8. The molecular weight excluding hydrogens is 300 g/mol. The third-order valence-electron chi connectivity index (χ3n) is 5.52. The highest BCUT2D eigenvalue weighted by molar-refractivity contribution is 6.29. The lowest BCUT2D eigenvalue weighted by Gasteiger charge is -2.34. The van der Waals surface area contributed by atoms with Crippen LogP contribution in [-0.2, 0) is 0 Å². The van der Waals surface area contributed by atoms with Crippen molar-refractivity contribution in [2.24, 2.45) is 0 Å². The number of fused-ring (bicyclic) bond motifs is 3. The van der Waals surface area contributed by atoms with E-state index >= 15 is 0 Å². The molecule has 1 spiro atoms. The summed E-state index contributed by atoms with van der Waals surface area (Å²) in [5, 5.41) is 7.17. The lowest BCUT2D eigenvalue weighted by molar-refractivity contribution is 0.0979. The Labute approximate surface area is 140 Å². The molecule has 0 bridgehead atoms. The van der Waals surface area contributed by atoms with Gasteiger partial charge in [0.2, 0.25) is 0 Å². The van der Waals surface area contributed by atoms with Crippen molar-refractivity contribution in [2.75, 3.05) is 10.6 Å². The fourth-order valence-electron chi connectivity index (χ4n) is 4.30. The largest absolute Gasteiger partial charge is 0.361 e. The molecule has 4 nitrogen and oxygen atoms in total. The Hall–Kier alpha value is -2.62. The van der Waals surface area contributed by atoms with E-state index in [1.54, 1.807) is 24.3 Å². The Morgan fingerprint density at radius 2 is 1.21 bits per heavy atom. The van der Waals surface area contributed by atoms with Crippen molar-refractivity contribution in [1.82, 2.24) is 0 Å². The SMILES string of the molecule is O=C1c2ccccc2C(=O)c2cc3c(cc21)NC1(CCCCC1)N3. The van der Waals surface area contributed by atoms with Crippen LogP contribution in [0.1, 0.15) is 63.9 Å². The summed E-state index contributed by atoms with van der Waals surface area (Å²) in [5.74, 6) is -0.121. The summed E-state index contributed by atoms with van der Waals surface area (Å²) < 4.78 is 0. The zero-order valence-corrected chi connectivity index (χ0v) is 13.3. The molecule has 1 fully saturated rings. The Morgan fingerprint density at radius 1 is 0.708 bits per heavy atom. The molecule has 2 N–H and O–H groups in total. The van der Waals surface area contributed by atoms with Gasteiger partial charge in [0.1, 0.15) is 5.66 Å². The van der Waals surface area contributed by atoms with E-state index < -0.39 is 0 Å². The first-order valence-corrected chi connectivity index (χ1v) is 8.60. The van der Waals surface area contributed by atoms with Gasteiger partial charge in [0, 0.05) is 22.3 Å². The van der Waals surface area contributed by atoms with Gasteiger partial charge in [0.15, 0.2) is 11.6 Å². The van der Waals surface area contributed by atoms with E-state index in [2.05, 4.69) is 10.6 Å². The van der Waals surface area contributed by atoms with E-state index in [-0.39, 0.29) is 17.2 Å². The average molecular weight is 318 g/mol. The van der Waals surface area contributed by atoms with Crippen molar-refractivity contribution >= 4 is 22.9 Å². The van der Waals surface area contributed by atoms with Crippen LogP contribution in [0.3, 0.4) is 0 Å². The van der Waals surface area contributed by atoms with E-state index in [1.807, 2.05) is 12.1 Å². The number of carbonyl (C=O) groups excluding carboxylic acids is 2. The van der Waals surface area contributed by atoms with Crippen molar-refractivity contribution in [3.63, 3.8) is 0 Å². The monoisotopic (exact) mass is 318 g/mol. The Balaban J connectivity index is 1.62. The normalized spacial score (nSPS) is 20.0. The Morgan fingerprint density at radius 3 is 1.71 bits per heavy atom. The maximum Gasteiger partial charge on any atom is 0.194 e. The molecule has 120 valence electrons. The topological polar surface area (TPSA) is 58.2 Å². The highest BCUT2D eigenvalue weighted by atomic mass is 16.1. The van der Waals surface area contributed by atoms with Gasteiger partial charge in [-0.05, 0) is 37.8 Å². The van der Waals surface area contributed by atoms with Crippen LogP contribution >= 0.6 is 0 Å². The first-order chi connectivity index (χ1) is 11.7. The number of anilines is 2. The third kappa shape index (κ3) is 1.80. The number of benzene rings is 2. The van der Waals surface area contributed by atoms with Gasteiger partial charge in [-0.25, -0.2) is 0 Å². The third-order valence-corrected chi connectivity index (χ3v) is 5.52. The van der Waals surface area contributed by atoms with Gasteiger partial charge in [-0.15, -0.1) is 0 Å². The fraction of sp³-hybridized carbons (Fsp3) is 0.300. The Kier molecular flexibility index (Phi) is 2.70. The second-order valence-electron chi connectivity index (χ2n) is 7.04. The van der Waals surface area contributed by atoms with E-state index in [9.17, 15) is 9.59 Å². The van der Waals surface area contributed by atoms with Gasteiger partial charge in [-0.3, -0.25) is 9.59 Å². The lowest BCUT2D eigenvalue weighted by Crippen LogP contribution is -2.43. The minimum Gasteiger partial charge on any atom is -0.361 e. The molecule has 0 unspecified atom stereocenters. The summed E-state index contributed by atoms with van der Waals surface area (Å²) in [5.41, 5.74) is 3.82. The molecule has 4 heteroatoms. The standard InChI is InChI=1S/C20H18N2O2/c23-18-12-6-2-3-7-13(12)19(24)15-11-17-16(10-14(15)18)21-20(22-17)8-4-1-5-9-20/h2-3,6-7,10-11,21-22H,1,4-5,8-9H2. The number of hydrogen-bond donors (Lipinski definition) is 2. The van der Waals surface area contributed by atoms with Gasteiger partial charge < -0.3 is 10.6 Å².